The number of carbonyl (C=O) groups excluding carboxylic acids is 1. The van der Waals surface area contributed by atoms with E-state index >= 15 is 0 Å². The van der Waals surface area contributed by atoms with Crippen molar-refractivity contribution in [1.82, 2.24) is 0 Å². The number of ether oxygens (including phenoxy) is 2. The molecule has 0 spiro atoms. The molecule has 20 heavy (non-hydrogen) atoms. The highest BCUT2D eigenvalue weighted by atomic mass is 79.9. The molecule has 0 heterocycles. The molecule has 0 atom stereocenters. The molecule has 0 bridgehead atoms. The predicted molar refractivity (Wildman–Crippen MR) is 81.2 cm³/mol. The van der Waals surface area contributed by atoms with Crippen molar-refractivity contribution < 1.29 is 14.3 Å². The lowest BCUT2D eigenvalue weighted by Gasteiger charge is -2.10. The van der Waals surface area contributed by atoms with E-state index < -0.39 is 5.97 Å². The summed E-state index contributed by atoms with van der Waals surface area (Å²) in [7, 11) is 0. The number of hydrogen-bond acceptors (Lipinski definition) is 3. The zero-order valence-corrected chi connectivity index (χ0v) is 12.9. The Bertz CT molecular complexity index is 623. The predicted octanol–water partition coefficient (Wildman–Crippen LogP) is 4.05. The normalized spacial score (nSPS) is 10.2. The van der Waals surface area contributed by atoms with Gasteiger partial charge in [-0.1, -0.05) is 24.3 Å². The number of esters is 1. The van der Waals surface area contributed by atoms with Crippen LogP contribution in [0, 0.1) is 13.8 Å². The second-order valence-corrected chi connectivity index (χ2v) is 5.32. The Hall–Kier alpha value is -1.81. The topological polar surface area (TPSA) is 35.5 Å². The smallest absolute Gasteiger partial charge is 0.349 e. The second kappa shape index (κ2) is 6.57. The van der Waals surface area contributed by atoms with Crippen LogP contribution in [0.5, 0.6) is 11.5 Å². The maximum Gasteiger partial charge on any atom is 0.349 e. The fraction of sp³-hybridized carbons (Fsp3) is 0.188. The van der Waals surface area contributed by atoms with Gasteiger partial charge < -0.3 is 9.47 Å². The Labute approximate surface area is 126 Å². The zero-order valence-electron chi connectivity index (χ0n) is 11.4. The number of carbonyl (C=O) groups is 1. The van der Waals surface area contributed by atoms with E-state index in [9.17, 15) is 4.79 Å². The zero-order chi connectivity index (χ0) is 14.5. The molecule has 3 nitrogen and oxygen atoms in total. The van der Waals surface area contributed by atoms with Crippen LogP contribution in [0.4, 0.5) is 0 Å². The molecule has 0 saturated carbocycles. The van der Waals surface area contributed by atoms with Crippen molar-refractivity contribution in [3.8, 4) is 11.5 Å². The van der Waals surface area contributed by atoms with Crippen molar-refractivity contribution in [3.05, 3.63) is 58.1 Å². The van der Waals surface area contributed by atoms with Crippen LogP contribution in [0.3, 0.4) is 0 Å². The van der Waals surface area contributed by atoms with Crippen LogP contribution in [0.1, 0.15) is 11.1 Å². The van der Waals surface area contributed by atoms with E-state index in [4.69, 9.17) is 9.47 Å². The molecule has 0 aromatic heterocycles. The van der Waals surface area contributed by atoms with Crippen molar-refractivity contribution in [2.45, 2.75) is 13.8 Å². The van der Waals surface area contributed by atoms with Crippen LogP contribution in [-0.2, 0) is 4.79 Å². The van der Waals surface area contributed by atoms with Gasteiger partial charge in [0.15, 0.2) is 6.61 Å². The molecule has 0 fully saturated rings. The van der Waals surface area contributed by atoms with Gasteiger partial charge in [0, 0.05) is 0 Å². The standard InChI is InChI=1S/C16H15BrO3/c1-11-7-8-15(13(17)9-11)19-10-16(18)20-14-6-4-3-5-12(14)2/h3-9H,10H2,1-2H3. The summed E-state index contributed by atoms with van der Waals surface area (Å²) in [6, 6.07) is 13.0. The Morgan fingerprint density at radius 3 is 2.55 bits per heavy atom. The van der Waals surface area contributed by atoms with Crippen LogP contribution in [0.15, 0.2) is 46.9 Å². The average molecular weight is 335 g/mol. The third-order valence-electron chi connectivity index (χ3n) is 2.75. The molecule has 2 aromatic rings. The van der Waals surface area contributed by atoms with Gasteiger partial charge in [-0.25, -0.2) is 4.79 Å². The van der Waals surface area contributed by atoms with Crippen LogP contribution >= 0.6 is 15.9 Å². The van der Waals surface area contributed by atoms with Crippen molar-refractivity contribution in [1.29, 1.82) is 0 Å². The largest absolute Gasteiger partial charge is 0.481 e. The van der Waals surface area contributed by atoms with Gasteiger partial charge >= 0.3 is 5.97 Å². The first kappa shape index (κ1) is 14.6. The number of benzene rings is 2. The first-order valence-corrected chi connectivity index (χ1v) is 7.01. The van der Waals surface area contributed by atoms with Crippen molar-refractivity contribution in [2.75, 3.05) is 6.61 Å². The van der Waals surface area contributed by atoms with Crippen molar-refractivity contribution >= 4 is 21.9 Å². The quantitative estimate of drug-likeness (QED) is 0.625. The van der Waals surface area contributed by atoms with E-state index in [-0.39, 0.29) is 6.61 Å². The minimum Gasteiger partial charge on any atom is -0.481 e. The van der Waals surface area contributed by atoms with Crippen LogP contribution < -0.4 is 9.47 Å². The summed E-state index contributed by atoms with van der Waals surface area (Å²) < 4.78 is 11.5. The average Bonchev–Trinajstić information content (AvgIpc) is 2.40. The number of para-hydroxylation sites is 1. The summed E-state index contributed by atoms with van der Waals surface area (Å²) >= 11 is 3.40. The van der Waals surface area contributed by atoms with Crippen LogP contribution in [0.25, 0.3) is 0 Å². The molecule has 4 heteroatoms. The molecule has 0 amide bonds. The molecule has 104 valence electrons. The summed E-state index contributed by atoms with van der Waals surface area (Å²) in [6.07, 6.45) is 0. The summed E-state index contributed by atoms with van der Waals surface area (Å²) in [5, 5.41) is 0. The van der Waals surface area contributed by atoms with E-state index in [0.717, 1.165) is 15.6 Å². The lowest BCUT2D eigenvalue weighted by atomic mass is 10.2. The highest BCUT2D eigenvalue weighted by Crippen LogP contribution is 2.25. The highest BCUT2D eigenvalue weighted by molar-refractivity contribution is 9.10. The van der Waals surface area contributed by atoms with Gasteiger partial charge in [-0.3, -0.25) is 0 Å². The van der Waals surface area contributed by atoms with E-state index in [0.29, 0.717) is 11.5 Å². The Balaban J connectivity index is 1.94. The third kappa shape index (κ3) is 3.84. The second-order valence-electron chi connectivity index (χ2n) is 4.46. The Morgan fingerprint density at radius 2 is 1.85 bits per heavy atom. The van der Waals surface area contributed by atoms with Crippen LogP contribution in [-0.4, -0.2) is 12.6 Å². The fourth-order valence-corrected chi connectivity index (χ4v) is 2.29. The summed E-state index contributed by atoms with van der Waals surface area (Å²) in [4.78, 5) is 11.8. The lowest BCUT2D eigenvalue weighted by molar-refractivity contribution is -0.136. The van der Waals surface area contributed by atoms with E-state index in [1.54, 1.807) is 6.07 Å². The number of aryl methyl sites for hydroxylation is 2. The van der Waals surface area contributed by atoms with E-state index in [1.165, 1.54) is 0 Å². The van der Waals surface area contributed by atoms with Crippen molar-refractivity contribution in [3.63, 3.8) is 0 Å². The van der Waals surface area contributed by atoms with Crippen molar-refractivity contribution in [2.24, 2.45) is 0 Å². The summed E-state index contributed by atoms with van der Waals surface area (Å²) in [5.41, 5.74) is 2.03. The molecule has 0 aliphatic carbocycles. The third-order valence-corrected chi connectivity index (χ3v) is 3.37. The van der Waals surface area contributed by atoms with Gasteiger partial charge in [0.1, 0.15) is 11.5 Å². The van der Waals surface area contributed by atoms with E-state index in [1.807, 2.05) is 50.2 Å². The number of halogens is 1. The van der Waals surface area contributed by atoms with E-state index in [2.05, 4.69) is 15.9 Å². The molecule has 0 aliphatic rings. The molecule has 0 saturated heterocycles. The van der Waals surface area contributed by atoms with Gasteiger partial charge in [-0.2, -0.15) is 0 Å². The monoisotopic (exact) mass is 334 g/mol. The fourth-order valence-electron chi connectivity index (χ4n) is 1.68. The number of hydrogen-bond donors (Lipinski definition) is 0. The molecule has 0 aliphatic heterocycles. The molecular weight excluding hydrogens is 320 g/mol. The highest BCUT2D eigenvalue weighted by Gasteiger charge is 2.09. The molecule has 2 rings (SSSR count). The van der Waals surface area contributed by atoms with Gasteiger partial charge in [-0.05, 0) is 59.1 Å². The lowest BCUT2D eigenvalue weighted by Crippen LogP contribution is -2.18. The summed E-state index contributed by atoms with van der Waals surface area (Å²) in [5.74, 6) is 0.758. The Kier molecular flexibility index (Phi) is 4.79. The summed E-state index contributed by atoms with van der Waals surface area (Å²) in [6.45, 7) is 3.75. The van der Waals surface area contributed by atoms with Crippen LogP contribution in [0.2, 0.25) is 0 Å². The first-order valence-electron chi connectivity index (χ1n) is 6.21. The first-order chi connectivity index (χ1) is 9.56. The minimum absolute atomic E-state index is 0.129. The van der Waals surface area contributed by atoms with Gasteiger partial charge in [0.25, 0.3) is 0 Å². The molecule has 0 radical (unpaired) electrons. The minimum atomic E-state index is -0.424. The molecule has 0 unspecified atom stereocenters. The molecule has 2 aromatic carbocycles. The SMILES string of the molecule is Cc1ccc(OCC(=O)Oc2ccccc2C)c(Br)c1. The molecule has 0 N–H and O–H groups in total. The van der Waals surface area contributed by atoms with Gasteiger partial charge in [0.2, 0.25) is 0 Å². The van der Waals surface area contributed by atoms with Gasteiger partial charge in [-0.15, -0.1) is 0 Å². The number of rotatable bonds is 4. The maximum atomic E-state index is 11.8. The maximum absolute atomic E-state index is 11.8. The Morgan fingerprint density at radius 1 is 1.10 bits per heavy atom. The molecular formula is C16H15BrO3. The van der Waals surface area contributed by atoms with Gasteiger partial charge in [0.05, 0.1) is 4.47 Å².